The van der Waals surface area contributed by atoms with Gasteiger partial charge >= 0.3 is 0 Å². The summed E-state index contributed by atoms with van der Waals surface area (Å²) >= 11 is 0. The predicted molar refractivity (Wildman–Crippen MR) is 94.3 cm³/mol. The Kier molecular flexibility index (Phi) is 5.94. The molecule has 0 spiro atoms. The van der Waals surface area contributed by atoms with Gasteiger partial charge < -0.3 is 4.57 Å². The molecule has 2 fully saturated rings. The smallest absolute Gasteiger partial charge is 0.257 e. The van der Waals surface area contributed by atoms with Crippen molar-refractivity contribution in [1.82, 2.24) is 19.2 Å². The van der Waals surface area contributed by atoms with Crippen LogP contribution >= 0.6 is 0 Å². The van der Waals surface area contributed by atoms with Crippen molar-refractivity contribution in [3.05, 3.63) is 12.5 Å². The molecule has 3 rings (SSSR count). The molecule has 2 heterocycles. The van der Waals surface area contributed by atoms with Crippen LogP contribution in [0.3, 0.4) is 0 Å². The predicted octanol–water partition coefficient (Wildman–Crippen LogP) is 2.23. The Labute approximate surface area is 145 Å². The normalized spacial score (nSPS) is 23.8. The Hall–Kier alpha value is -0.920. The van der Waals surface area contributed by atoms with Crippen molar-refractivity contribution in [3.63, 3.8) is 0 Å². The van der Waals surface area contributed by atoms with Gasteiger partial charge in [-0.3, -0.25) is 4.90 Å². The van der Waals surface area contributed by atoms with Gasteiger partial charge in [0.1, 0.15) is 0 Å². The molecule has 7 heteroatoms. The summed E-state index contributed by atoms with van der Waals surface area (Å²) in [5.74, 6) is 0.803. The van der Waals surface area contributed by atoms with Gasteiger partial charge in [0.2, 0.25) is 0 Å². The summed E-state index contributed by atoms with van der Waals surface area (Å²) in [6.45, 7) is 5.27. The van der Waals surface area contributed by atoms with Gasteiger partial charge in [0, 0.05) is 25.7 Å². The lowest BCUT2D eigenvalue weighted by molar-refractivity contribution is 0.188. The first-order valence-corrected chi connectivity index (χ1v) is 10.8. The van der Waals surface area contributed by atoms with E-state index < -0.39 is 10.0 Å². The molecule has 0 radical (unpaired) electrons. The molecule has 6 nitrogen and oxygen atoms in total. The molecule has 1 aromatic rings. The van der Waals surface area contributed by atoms with Gasteiger partial charge in [0.05, 0.1) is 12.5 Å². The van der Waals surface area contributed by atoms with E-state index in [-0.39, 0.29) is 5.03 Å². The molecule has 136 valence electrons. The van der Waals surface area contributed by atoms with Crippen LogP contribution in [-0.2, 0) is 16.6 Å². The van der Waals surface area contributed by atoms with Crippen LogP contribution in [0, 0.1) is 5.92 Å². The Morgan fingerprint density at radius 1 is 1.21 bits per heavy atom. The quantitative estimate of drug-likeness (QED) is 0.815. The number of likely N-dealkylation sites (tertiary alicyclic amines) is 1. The maximum atomic E-state index is 12.5. The summed E-state index contributed by atoms with van der Waals surface area (Å²) in [5.41, 5.74) is 0. The number of hydrogen-bond donors (Lipinski definition) is 1. The van der Waals surface area contributed by atoms with E-state index in [1.807, 2.05) is 6.92 Å². The number of aryl methyl sites for hydroxylation is 1. The molecule has 2 aliphatic rings. The minimum atomic E-state index is -3.48. The van der Waals surface area contributed by atoms with Crippen molar-refractivity contribution in [3.8, 4) is 0 Å². The molecule has 24 heavy (non-hydrogen) atoms. The second kappa shape index (κ2) is 7.97. The van der Waals surface area contributed by atoms with Crippen molar-refractivity contribution >= 4 is 10.0 Å². The molecule has 1 N–H and O–H groups in total. The Balaban J connectivity index is 1.56. The number of sulfonamides is 1. The fourth-order valence-electron chi connectivity index (χ4n) is 4.12. The maximum absolute atomic E-state index is 12.5. The first kappa shape index (κ1) is 17.9. The highest BCUT2D eigenvalue weighted by Gasteiger charge is 2.29. The average Bonchev–Trinajstić information content (AvgIpc) is 3.23. The van der Waals surface area contributed by atoms with Crippen molar-refractivity contribution in [1.29, 1.82) is 0 Å². The van der Waals surface area contributed by atoms with Crippen LogP contribution in [0.15, 0.2) is 17.6 Å². The summed E-state index contributed by atoms with van der Waals surface area (Å²) in [7, 11) is -3.48. The summed E-state index contributed by atoms with van der Waals surface area (Å²) < 4.78 is 29.6. The summed E-state index contributed by atoms with van der Waals surface area (Å²) in [5, 5.41) is 0.266. The zero-order valence-corrected chi connectivity index (χ0v) is 15.5. The van der Waals surface area contributed by atoms with E-state index in [0.717, 1.165) is 25.4 Å². The largest absolute Gasteiger partial charge is 0.321 e. The maximum Gasteiger partial charge on any atom is 0.257 e. The minimum Gasteiger partial charge on any atom is -0.321 e. The highest BCUT2D eigenvalue weighted by Crippen LogP contribution is 2.27. The van der Waals surface area contributed by atoms with E-state index in [0.29, 0.717) is 19.1 Å². The highest BCUT2D eigenvalue weighted by molar-refractivity contribution is 7.89. The van der Waals surface area contributed by atoms with Crippen LogP contribution in [0.5, 0.6) is 0 Å². The van der Waals surface area contributed by atoms with Gasteiger partial charge in [-0.2, -0.15) is 0 Å². The average molecular weight is 355 g/mol. The Bertz CT molecular complexity index is 622. The molecule has 1 saturated carbocycles. The standard InChI is InChI=1S/C17H30N4O2S/c1-2-20-14-18-12-17(20)24(22,23)19-11-16-9-6-10-21(16)13-15-7-4-3-5-8-15/h12,14-16,19H,2-11,13H2,1H3. The van der Waals surface area contributed by atoms with Gasteiger partial charge in [0.15, 0.2) is 5.03 Å². The molecule has 1 aromatic heterocycles. The molecule has 0 aromatic carbocycles. The lowest BCUT2D eigenvalue weighted by Gasteiger charge is -2.31. The van der Waals surface area contributed by atoms with Crippen molar-refractivity contribution in [2.24, 2.45) is 5.92 Å². The third-order valence-electron chi connectivity index (χ3n) is 5.52. The third kappa shape index (κ3) is 4.18. The van der Waals surface area contributed by atoms with Crippen LogP contribution in [0.2, 0.25) is 0 Å². The second-order valence-electron chi connectivity index (χ2n) is 7.16. The summed E-state index contributed by atoms with van der Waals surface area (Å²) in [4.78, 5) is 6.47. The molecule has 1 aliphatic carbocycles. The lowest BCUT2D eigenvalue weighted by Crippen LogP contribution is -2.42. The number of nitrogens with one attached hydrogen (secondary N) is 1. The van der Waals surface area contributed by atoms with Gasteiger partial charge in [-0.15, -0.1) is 0 Å². The van der Waals surface area contributed by atoms with E-state index in [1.54, 1.807) is 10.9 Å². The van der Waals surface area contributed by atoms with Crippen LogP contribution in [0.4, 0.5) is 0 Å². The third-order valence-corrected chi connectivity index (χ3v) is 6.95. The molecule has 1 unspecified atom stereocenters. The summed E-state index contributed by atoms with van der Waals surface area (Å²) in [6.07, 6.45) is 12.0. The molecule has 0 bridgehead atoms. The lowest BCUT2D eigenvalue weighted by atomic mass is 9.89. The number of hydrogen-bond acceptors (Lipinski definition) is 4. The number of aromatic nitrogens is 2. The topological polar surface area (TPSA) is 67.2 Å². The number of nitrogens with zero attached hydrogens (tertiary/aromatic N) is 3. The number of imidazole rings is 1. The van der Waals surface area contributed by atoms with Crippen molar-refractivity contribution < 1.29 is 8.42 Å². The first-order chi connectivity index (χ1) is 11.6. The van der Waals surface area contributed by atoms with E-state index >= 15 is 0 Å². The van der Waals surface area contributed by atoms with Crippen molar-refractivity contribution in [2.45, 2.75) is 69.5 Å². The van der Waals surface area contributed by atoms with Gasteiger partial charge in [-0.25, -0.2) is 18.1 Å². The van der Waals surface area contributed by atoms with E-state index in [4.69, 9.17) is 0 Å². The van der Waals surface area contributed by atoms with Crippen LogP contribution in [-0.4, -0.2) is 48.5 Å². The Morgan fingerprint density at radius 3 is 2.75 bits per heavy atom. The monoisotopic (exact) mass is 354 g/mol. The second-order valence-corrected chi connectivity index (χ2v) is 8.88. The fourth-order valence-corrected chi connectivity index (χ4v) is 5.36. The van der Waals surface area contributed by atoms with Crippen LogP contribution < -0.4 is 4.72 Å². The zero-order valence-electron chi connectivity index (χ0n) is 14.7. The highest BCUT2D eigenvalue weighted by atomic mass is 32.2. The zero-order chi connectivity index (χ0) is 17.0. The minimum absolute atomic E-state index is 0.266. The summed E-state index contributed by atoms with van der Waals surface area (Å²) in [6, 6.07) is 0.333. The number of rotatable bonds is 7. The van der Waals surface area contributed by atoms with Gasteiger partial charge in [-0.1, -0.05) is 19.3 Å². The molecular formula is C17H30N4O2S. The van der Waals surface area contributed by atoms with Gasteiger partial charge in [-0.05, 0) is 45.1 Å². The van der Waals surface area contributed by atoms with Crippen molar-refractivity contribution in [2.75, 3.05) is 19.6 Å². The molecule has 0 amide bonds. The van der Waals surface area contributed by atoms with Crippen LogP contribution in [0.1, 0.15) is 51.9 Å². The SMILES string of the molecule is CCn1cncc1S(=O)(=O)NCC1CCCN1CC1CCCCC1. The van der Waals surface area contributed by atoms with E-state index in [2.05, 4.69) is 14.6 Å². The molecular weight excluding hydrogens is 324 g/mol. The molecule has 1 aliphatic heterocycles. The van der Waals surface area contributed by atoms with Gasteiger partial charge in [0.25, 0.3) is 10.0 Å². The van der Waals surface area contributed by atoms with Crippen LogP contribution in [0.25, 0.3) is 0 Å². The Morgan fingerprint density at radius 2 is 2.00 bits per heavy atom. The molecule has 1 saturated heterocycles. The first-order valence-electron chi connectivity index (χ1n) is 9.34. The fraction of sp³-hybridized carbons (Fsp3) is 0.824. The van der Waals surface area contributed by atoms with E-state index in [9.17, 15) is 8.42 Å². The molecule has 1 atom stereocenters. The van der Waals surface area contributed by atoms with E-state index in [1.165, 1.54) is 44.7 Å².